The molecule has 0 bridgehead atoms. The van der Waals surface area contributed by atoms with E-state index in [2.05, 4.69) is 4.90 Å². The van der Waals surface area contributed by atoms with Gasteiger partial charge in [-0.15, -0.1) is 0 Å². The number of likely N-dealkylation sites (N-methyl/N-ethyl adjacent to an activating group) is 1. The van der Waals surface area contributed by atoms with Crippen LogP contribution in [0.1, 0.15) is 54.0 Å². The van der Waals surface area contributed by atoms with E-state index in [1.807, 2.05) is 79.8 Å². The van der Waals surface area contributed by atoms with Crippen LogP contribution >= 0.6 is 0 Å². The van der Waals surface area contributed by atoms with E-state index in [1.165, 1.54) is 0 Å². The van der Waals surface area contributed by atoms with E-state index in [0.29, 0.717) is 24.1 Å². The lowest BCUT2D eigenvalue weighted by Crippen LogP contribution is -2.53. The molecule has 1 heterocycles. The predicted octanol–water partition coefficient (Wildman–Crippen LogP) is 5.23. The zero-order valence-electron chi connectivity index (χ0n) is 22.6. The number of nitrogens with zero attached hydrogens (tertiary/aromatic N) is 2. The smallest absolute Gasteiger partial charge is 0.326 e. The molecule has 1 N–H and O–H groups in total. The highest BCUT2D eigenvalue weighted by Gasteiger charge is 2.42. The minimum atomic E-state index is -1.03. The minimum absolute atomic E-state index is 0.145. The second-order valence-corrected chi connectivity index (χ2v) is 10.5. The van der Waals surface area contributed by atoms with Crippen LogP contribution in [0.25, 0.3) is 0 Å². The maximum Gasteiger partial charge on any atom is 0.326 e. The highest BCUT2D eigenvalue weighted by Crippen LogP contribution is 2.40. The third-order valence-electron chi connectivity index (χ3n) is 8.11. The molecule has 0 spiro atoms. The lowest BCUT2D eigenvalue weighted by Gasteiger charge is -2.40. The van der Waals surface area contributed by atoms with Gasteiger partial charge in [0.1, 0.15) is 18.7 Å². The highest BCUT2D eigenvalue weighted by molar-refractivity contribution is 5.89. The van der Waals surface area contributed by atoms with E-state index in [-0.39, 0.29) is 18.9 Å². The summed E-state index contributed by atoms with van der Waals surface area (Å²) in [4.78, 5) is 30.6. The zero-order chi connectivity index (χ0) is 27.4. The van der Waals surface area contributed by atoms with Crippen LogP contribution < -0.4 is 9.47 Å². The summed E-state index contributed by atoms with van der Waals surface area (Å²) in [5.74, 6) is -0.117. The summed E-state index contributed by atoms with van der Waals surface area (Å²) in [5, 5.41) is 10.3. The molecule has 3 aromatic rings. The topological polar surface area (TPSA) is 79.3 Å². The first-order valence-corrected chi connectivity index (χ1v) is 13.6. The van der Waals surface area contributed by atoms with Crippen molar-refractivity contribution >= 4 is 11.9 Å². The number of fused-ring (bicyclic) bond motifs is 1. The Labute approximate surface area is 230 Å². The summed E-state index contributed by atoms with van der Waals surface area (Å²) in [6.07, 6.45) is 4.52. The quantitative estimate of drug-likeness (QED) is 0.410. The lowest BCUT2D eigenvalue weighted by atomic mass is 9.91. The van der Waals surface area contributed by atoms with Crippen molar-refractivity contribution in [3.63, 3.8) is 0 Å². The molecule has 7 nitrogen and oxygen atoms in total. The van der Waals surface area contributed by atoms with Crippen molar-refractivity contribution in [1.82, 2.24) is 9.80 Å². The van der Waals surface area contributed by atoms with Crippen LogP contribution in [0.4, 0.5) is 0 Å². The minimum Gasteiger partial charge on any atom is -0.493 e. The number of carboxylic acids is 1. The fraction of sp³-hybridized carbons (Fsp3) is 0.375. The van der Waals surface area contributed by atoms with Crippen LogP contribution in [0.5, 0.6) is 11.5 Å². The standard InChI is InChI=1S/C32H36N2O5/c1-33(25-15-9-10-16-25)29(23-13-7-4-8-14-23)31(35)34-20-24-17-18-28(38-2)30(26(24)19-27(34)32(36)37)39-21-22-11-5-3-6-12-22/h3-8,11-14,17-18,25,27,29H,9-10,15-16,19-21H2,1-2H3,(H,36,37)/t27-,29+/m0/s1. The Balaban J connectivity index is 1.48. The normalized spacial score (nSPS) is 18.0. The maximum atomic E-state index is 14.3. The molecule has 1 aliphatic heterocycles. The molecule has 5 rings (SSSR count). The number of hydrogen-bond acceptors (Lipinski definition) is 5. The summed E-state index contributed by atoms with van der Waals surface area (Å²) in [5.41, 5.74) is 3.54. The van der Waals surface area contributed by atoms with Gasteiger partial charge in [0.05, 0.1) is 7.11 Å². The molecule has 0 radical (unpaired) electrons. The van der Waals surface area contributed by atoms with Gasteiger partial charge in [-0.05, 0) is 42.6 Å². The number of rotatable bonds is 9. The average Bonchev–Trinajstić information content (AvgIpc) is 3.51. The molecule has 1 fully saturated rings. The fourth-order valence-corrected chi connectivity index (χ4v) is 5.98. The first kappa shape index (κ1) is 26.8. The Morgan fingerprint density at radius 3 is 2.31 bits per heavy atom. The van der Waals surface area contributed by atoms with Gasteiger partial charge < -0.3 is 19.5 Å². The fourth-order valence-electron chi connectivity index (χ4n) is 5.98. The van der Waals surface area contributed by atoms with Crippen molar-refractivity contribution in [3.8, 4) is 11.5 Å². The van der Waals surface area contributed by atoms with Gasteiger partial charge >= 0.3 is 5.97 Å². The number of carboxylic acid groups (broad SMARTS) is 1. The van der Waals surface area contributed by atoms with Crippen LogP contribution in [0, 0.1) is 0 Å². The zero-order valence-corrected chi connectivity index (χ0v) is 22.6. The Morgan fingerprint density at radius 2 is 1.67 bits per heavy atom. The van der Waals surface area contributed by atoms with Crippen molar-refractivity contribution in [3.05, 3.63) is 95.1 Å². The molecule has 1 aliphatic carbocycles. The Morgan fingerprint density at radius 1 is 1.00 bits per heavy atom. The molecule has 1 amide bonds. The number of benzene rings is 3. The number of methoxy groups -OCH3 is 1. The molecule has 3 aromatic carbocycles. The summed E-state index contributed by atoms with van der Waals surface area (Å²) in [6, 6.07) is 22.0. The largest absolute Gasteiger partial charge is 0.493 e. The SMILES string of the molecule is COc1ccc2c(c1OCc1ccccc1)C[C@@H](C(=O)O)N(C(=O)[C@@H](c1ccccc1)N(C)C1CCCC1)C2. The van der Waals surface area contributed by atoms with Gasteiger partial charge in [-0.2, -0.15) is 0 Å². The molecule has 39 heavy (non-hydrogen) atoms. The predicted molar refractivity (Wildman–Crippen MR) is 149 cm³/mol. The van der Waals surface area contributed by atoms with Crippen LogP contribution in [-0.2, 0) is 29.2 Å². The summed E-state index contributed by atoms with van der Waals surface area (Å²) in [6.45, 7) is 0.523. The molecule has 0 saturated heterocycles. The van der Waals surface area contributed by atoms with Crippen molar-refractivity contribution in [1.29, 1.82) is 0 Å². The van der Waals surface area contributed by atoms with Gasteiger partial charge in [0.15, 0.2) is 11.5 Å². The van der Waals surface area contributed by atoms with Crippen LogP contribution in [0.2, 0.25) is 0 Å². The summed E-state index contributed by atoms with van der Waals surface area (Å²) < 4.78 is 11.8. The lowest BCUT2D eigenvalue weighted by molar-refractivity contribution is -0.154. The van der Waals surface area contributed by atoms with Gasteiger partial charge in [0.2, 0.25) is 5.91 Å². The highest BCUT2D eigenvalue weighted by atomic mass is 16.5. The number of ether oxygens (including phenoxy) is 2. The summed E-state index contributed by atoms with van der Waals surface area (Å²) >= 11 is 0. The molecule has 1 saturated carbocycles. The molecular weight excluding hydrogens is 492 g/mol. The Kier molecular flexibility index (Phi) is 8.17. The van der Waals surface area contributed by atoms with Crippen LogP contribution in [0.15, 0.2) is 72.8 Å². The molecule has 0 aromatic heterocycles. The summed E-state index contributed by atoms with van der Waals surface area (Å²) in [7, 11) is 3.58. The van der Waals surface area contributed by atoms with Crippen LogP contribution in [0.3, 0.4) is 0 Å². The average molecular weight is 529 g/mol. The van der Waals surface area contributed by atoms with E-state index in [4.69, 9.17) is 9.47 Å². The van der Waals surface area contributed by atoms with Crippen molar-refractivity contribution < 1.29 is 24.2 Å². The van der Waals surface area contributed by atoms with Gasteiger partial charge in [-0.3, -0.25) is 9.69 Å². The third kappa shape index (κ3) is 5.64. The first-order valence-electron chi connectivity index (χ1n) is 13.6. The van der Waals surface area contributed by atoms with E-state index < -0.39 is 18.1 Å². The van der Waals surface area contributed by atoms with Gasteiger partial charge in [0.25, 0.3) is 0 Å². The Bertz CT molecular complexity index is 1290. The molecule has 204 valence electrons. The molecule has 2 atom stereocenters. The first-order chi connectivity index (χ1) is 19.0. The molecule has 0 unspecified atom stereocenters. The van der Waals surface area contributed by atoms with E-state index in [1.54, 1.807) is 12.0 Å². The van der Waals surface area contributed by atoms with Crippen molar-refractivity contribution in [2.75, 3.05) is 14.2 Å². The van der Waals surface area contributed by atoms with E-state index in [0.717, 1.165) is 47.9 Å². The molecule has 7 heteroatoms. The second-order valence-electron chi connectivity index (χ2n) is 10.5. The maximum absolute atomic E-state index is 14.3. The number of carbonyl (C=O) groups excluding carboxylic acids is 1. The van der Waals surface area contributed by atoms with Gasteiger partial charge in [0, 0.05) is 24.6 Å². The number of carbonyl (C=O) groups is 2. The number of hydrogen-bond donors (Lipinski definition) is 1. The van der Waals surface area contributed by atoms with Gasteiger partial charge in [-0.1, -0.05) is 79.6 Å². The monoisotopic (exact) mass is 528 g/mol. The number of aliphatic carboxylic acids is 1. The Hall–Kier alpha value is -3.84. The second kappa shape index (κ2) is 11.9. The van der Waals surface area contributed by atoms with E-state index in [9.17, 15) is 14.7 Å². The molecular formula is C32H36N2O5. The van der Waals surface area contributed by atoms with Crippen molar-refractivity contribution in [2.45, 2.75) is 63.4 Å². The molecule has 2 aliphatic rings. The van der Waals surface area contributed by atoms with Crippen LogP contribution in [-0.4, -0.2) is 53.0 Å². The number of amides is 1. The third-order valence-corrected chi connectivity index (χ3v) is 8.11. The van der Waals surface area contributed by atoms with Gasteiger partial charge in [-0.25, -0.2) is 4.79 Å². The van der Waals surface area contributed by atoms with Crippen molar-refractivity contribution in [2.24, 2.45) is 0 Å². The van der Waals surface area contributed by atoms with E-state index >= 15 is 0 Å².